The van der Waals surface area contributed by atoms with E-state index in [0.29, 0.717) is 25.6 Å². The van der Waals surface area contributed by atoms with Gasteiger partial charge in [0.05, 0.1) is 23.9 Å². The van der Waals surface area contributed by atoms with E-state index in [2.05, 4.69) is 31.9 Å². The van der Waals surface area contributed by atoms with Crippen LogP contribution < -0.4 is 19.1 Å². The molecule has 1 aromatic carbocycles. The Kier molecular flexibility index (Phi) is 7.84. The van der Waals surface area contributed by atoms with Crippen LogP contribution >= 0.6 is 12.4 Å². The lowest BCUT2D eigenvalue weighted by Gasteiger charge is -2.40. The van der Waals surface area contributed by atoms with Crippen LogP contribution in [-0.4, -0.2) is 79.1 Å². The number of ether oxygens (including phenoxy) is 3. The molecule has 8 nitrogen and oxygen atoms in total. The number of aromatic nitrogens is 2. The highest BCUT2D eigenvalue weighted by Gasteiger charge is 2.33. The normalized spacial score (nSPS) is 17.0. The largest absolute Gasteiger partial charge is 0.486 e. The standard InChI is InChI=1S/C26H32N4O4.ClH/c1-29(21-7-11-27-20-4-6-24(32-2)28-25(20)21)18-26(31)9-13-30(14-10-26)12-8-19-3-5-22-23(17-19)34-16-15-33-22;/h3-7,11,17,31H,8-10,12-16,18H2,1-2H3;1H. The molecule has 2 aromatic heterocycles. The number of rotatable bonds is 7. The fraction of sp³-hybridized carbons (Fsp3) is 0.462. The minimum atomic E-state index is -0.739. The average Bonchev–Trinajstić information content (AvgIpc) is 2.87. The van der Waals surface area contributed by atoms with Gasteiger partial charge in [-0.15, -0.1) is 12.4 Å². The Hall–Kier alpha value is -2.81. The molecule has 0 amide bonds. The third-order valence-corrected chi connectivity index (χ3v) is 6.80. The second-order valence-electron chi connectivity index (χ2n) is 9.20. The Morgan fingerprint density at radius 3 is 2.63 bits per heavy atom. The van der Waals surface area contributed by atoms with Crippen LogP contribution in [0.25, 0.3) is 11.0 Å². The Morgan fingerprint density at radius 1 is 1.09 bits per heavy atom. The maximum absolute atomic E-state index is 11.4. The monoisotopic (exact) mass is 500 g/mol. The van der Waals surface area contributed by atoms with Gasteiger partial charge in [0.15, 0.2) is 11.5 Å². The lowest BCUT2D eigenvalue weighted by molar-refractivity contribution is -0.0137. The van der Waals surface area contributed by atoms with Gasteiger partial charge in [0.2, 0.25) is 5.88 Å². The molecule has 2 aliphatic rings. The fourth-order valence-electron chi connectivity index (χ4n) is 4.82. The van der Waals surface area contributed by atoms with E-state index in [4.69, 9.17) is 14.2 Å². The van der Waals surface area contributed by atoms with Crippen molar-refractivity contribution in [2.24, 2.45) is 0 Å². The lowest BCUT2D eigenvalue weighted by atomic mass is 9.90. The summed E-state index contributed by atoms with van der Waals surface area (Å²) in [6.45, 7) is 4.47. The van der Waals surface area contributed by atoms with Crippen molar-refractivity contribution in [3.63, 3.8) is 0 Å². The minimum Gasteiger partial charge on any atom is -0.486 e. The maximum atomic E-state index is 11.4. The van der Waals surface area contributed by atoms with Crippen molar-refractivity contribution in [2.45, 2.75) is 24.9 Å². The first kappa shape index (κ1) is 25.3. The summed E-state index contributed by atoms with van der Waals surface area (Å²) in [6.07, 6.45) is 4.20. The van der Waals surface area contributed by atoms with Crippen LogP contribution in [0.4, 0.5) is 5.69 Å². The Morgan fingerprint density at radius 2 is 1.86 bits per heavy atom. The zero-order chi connectivity index (χ0) is 23.5. The number of halogens is 1. The van der Waals surface area contributed by atoms with E-state index in [1.165, 1.54) is 5.56 Å². The van der Waals surface area contributed by atoms with Crippen molar-refractivity contribution in [3.8, 4) is 17.4 Å². The number of nitrogens with zero attached hydrogens (tertiary/aromatic N) is 4. The van der Waals surface area contributed by atoms with Gasteiger partial charge in [0, 0.05) is 45.5 Å². The number of piperidine rings is 1. The van der Waals surface area contributed by atoms with Gasteiger partial charge in [0.25, 0.3) is 0 Å². The first-order chi connectivity index (χ1) is 16.5. The molecule has 0 bridgehead atoms. The molecule has 0 radical (unpaired) electrons. The number of benzene rings is 1. The molecule has 188 valence electrons. The van der Waals surface area contributed by atoms with Crippen LogP contribution in [0, 0.1) is 0 Å². The van der Waals surface area contributed by atoms with Gasteiger partial charge in [-0.3, -0.25) is 4.98 Å². The van der Waals surface area contributed by atoms with Crippen LogP contribution in [-0.2, 0) is 6.42 Å². The SMILES string of the molecule is COc1ccc2nccc(N(C)CC3(O)CCN(CCc4ccc5c(c4)OCCO5)CC3)c2n1.Cl. The number of fused-ring (bicyclic) bond motifs is 2. The molecule has 1 saturated heterocycles. The van der Waals surface area contributed by atoms with Gasteiger partial charge in [-0.2, -0.15) is 0 Å². The number of aliphatic hydroxyl groups is 1. The van der Waals surface area contributed by atoms with Gasteiger partial charge >= 0.3 is 0 Å². The van der Waals surface area contributed by atoms with Crippen LogP contribution in [0.15, 0.2) is 42.6 Å². The van der Waals surface area contributed by atoms with Crippen molar-refractivity contribution >= 4 is 29.1 Å². The number of anilines is 1. The first-order valence-electron chi connectivity index (χ1n) is 11.9. The molecule has 0 aliphatic carbocycles. The summed E-state index contributed by atoms with van der Waals surface area (Å²) in [5.41, 5.74) is 3.04. The summed E-state index contributed by atoms with van der Waals surface area (Å²) < 4.78 is 16.6. The topological polar surface area (TPSA) is 80.2 Å². The van der Waals surface area contributed by atoms with Crippen molar-refractivity contribution < 1.29 is 19.3 Å². The van der Waals surface area contributed by atoms with Crippen LogP contribution in [0.1, 0.15) is 18.4 Å². The number of hydrogen-bond donors (Lipinski definition) is 1. The van der Waals surface area contributed by atoms with E-state index in [1.807, 2.05) is 31.3 Å². The van der Waals surface area contributed by atoms with Crippen molar-refractivity contribution in [3.05, 3.63) is 48.2 Å². The van der Waals surface area contributed by atoms with E-state index >= 15 is 0 Å². The number of likely N-dealkylation sites (tertiary alicyclic amines) is 1. The minimum absolute atomic E-state index is 0. The van der Waals surface area contributed by atoms with Crippen LogP contribution in [0.3, 0.4) is 0 Å². The second kappa shape index (κ2) is 10.8. The fourth-order valence-corrected chi connectivity index (χ4v) is 4.82. The number of pyridine rings is 2. The summed E-state index contributed by atoms with van der Waals surface area (Å²) in [5.74, 6) is 2.23. The smallest absolute Gasteiger partial charge is 0.213 e. The van der Waals surface area contributed by atoms with E-state index in [-0.39, 0.29) is 12.4 Å². The Balaban J connectivity index is 0.00000289. The number of methoxy groups -OCH3 is 1. The molecule has 4 heterocycles. The third kappa shape index (κ3) is 5.72. The molecule has 2 aliphatic heterocycles. The van der Waals surface area contributed by atoms with Gasteiger partial charge in [-0.05, 0) is 49.1 Å². The third-order valence-electron chi connectivity index (χ3n) is 6.80. The summed E-state index contributed by atoms with van der Waals surface area (Å²) in [6, 6.07) is 11.9. The van der Waals surface area contributed by atoms with Gasteiger partial charge < -0.3 is 29.1 Å². The molecule has 5 rings (SSSR count). The molecule has 0 saturated carbocycles. The predicted molar refractivity (Wildman–Crippen MR) is 138 cm³/mol. The molecular formula is C26H33ClN4O4. The first-order valence-corrected chi connectivity index (χ1v) is 11.9. The van der Waals surface area contributed by atoms with E-state index in [0.717, 1.165) is 67.1 Å². The molecule has 9 heteroatoms. The maximum Gasteiger partial charge on any atom is 0.213 e. The van der Waals surface area contributed by atoms with E-state index in [9.17, 15) is 5.11 Å². The zero-order valence-electron chi connectivity index (χ0n) is 20.3. The van der Waals surface area contributed by atoms with Crippen LogP contribution in [0.5, 0.6) is 17.4 Å². The number of hydrogen-bond acceptors (Lipinski definition) is 8. The van der Waals surface area contributed by atoms with Crippen molar-refractivity contribution in [2.75, 3.05) is 58.5 Å². The highest BCUT2D eigenvalue weighted by molar-refractivity contribution is 5.88. The summed E-state index contributed by atoms with van der Waals surface area (Å²) in [5, 5.41) is 11.4. The average molecular weight is 501 g/mol. The van der Waals surface area contributed by atoms with Gasteiger partial charge in [-0.1, -0.05) is 6.07 Å². The second-order valence-corrected chi connectivity index (χ2v) is 9.20. The van der Waals surface area contributed by atoms with E-state index in [1.54, 1.807) is 13.3 Å². The number of likely N-dealkylation sites (N-methyl/N-ethyl adjacent to an activating group) is 1. The van der Waals surface area contributed by atoms with Crippen molar-refractivity contribution in [1.29, 1.82) is 0 Å². The molecule has 35 heavy (non-hydrogen) atoms. The zero-order valence-corrected chi connectivity index (χ0v) is 21.1. The molecule has 1 N–H and O–H groups in total. The summed E-state index contributed by atoms with van der Waals surface area (Å²) in [7, 11) is 3.61. The highest BCUT2D eigenvalue weighted by Crippen LogP contribution is 2.32. The summed E-state index contributed by atoms with van der Waals surface area (Å²) in [4.78, 5) is 13.5. The molecule has 3 aromatic rings. The lowest BCUT2D eigenvalue weighted by Crippen LogP contribution is -2.50. The molecule has 0 atom stereocenters. The predicted octanol–water partition coefficient (Wildman–Crippen LogP) is 3.34. The van der Waals surface area contributed by atoms with E-state index < -0.39 is 5.60 Å². The Bertz CT molecular complexity index is 1150. The van der Waals surface area contributed by atoms with Crippen LogP contribution in [0.2, 0.25) is 0 Å². The Labute approximate surface area is 212 Å². The van der Waals surface area contributed by atoms with Gasteiger partial charge in [0.1, 0.15) is 18.7 Å². The van der Waals surface area contributed by atoms with Crippen molar-refractivity contribution in [1.82, 2.24) is 14.9 Å². The van der Waals surface area contributed by atoms with Gasteiger partial charge in [-0.25, -0.2) is 4.98 Å². The quantitative estimate of drug-likeness (QED) is 0.529. The molecule has 0 unspecified atom stereocenters. The molecule has 0 spiro atoms. The summed E-state index contributed by atoms with van der Waals surface area (Å²) >= 11 is 0. The highest BCUT2D eigenvalue weighted by atomic mass is 35.5. The molecular weight excluding hydrogens is 468 g/mol. The molecule has 1 fully saturated rings.